The number of quaternary nitrogens is 1. The molecule has 0 saturated heterocycles. The van der Waals surface area contributed by atoms with Crippen LogP contribution in [-0.4, -0.2) is 84.6 Å². The SMILES string of the molecule is CC/C=C\C/C=C\C/C=C\C/C=C\C/C=C\C/C=C\C/C=C\C/C=C\CCCCCCCCCCCCCCC(=O)NC(COP(=O)(O)OCC[N+](C)(C)C)C(O)C(O)CCC/C=C/CC/C=C/CCCCC. The summed E-state index contributed by atoms with van der Waals surface area (Å²) in [6.45, 7) is 4.41. The van der Waals surface area contributed by atoms with Gasteiger partial charge in [-0.05, 0) is 116 Å². The van der Waals surface area contributed by atoms with Gasteiger partial charge in [-0.3, -0.25) is 13.8 Å². The molecule has 4 atom stereocenters. The Labute approximate surface area is 448 Å². The van der Waals surface area contributed by atoms with Gasteiger partial charge in [0.05, 0.1) is 39.9 Å². The Hall–Kier alpha value is -3.14. The number of likely N-dealkylation sites (N-methyl/N-ethyl adjacent to an activating group) is 1. The molecule has 0 aliphatic carbocycles. The lowest BCUT2D eigenvalue weighted by molar-refractivity contribution is -0.870. The number of carbonyl (C=O) groups excluding carboxylic acids is 1. The Kier molecular flexibility index (Phi) is 50.1. The lowest BCUT2D eigenvalue weighted by atomic mass is 10.0. The molecule has 73 heavy (non-hydrogen) atoms. The Morgan fingerprint density at radius 1 is 0.493 bits per heavy atom. The van der Waals surface area contributed by atoms with Gasteiger partial charge in [0.2, 0.25) is 5.91 Å². The van der Waals surface area contributed by atoms with Crippen LogP contribution in [-0.2, 0) is 18.4 Å². The number of hydrogen-bond donors (Lipinski definition) is 4. The van der Waals surface area contributed by atoms with Crippen LogP contribution in [0, 0.1) is 0 Å². The highest BCUT2D eigenvalue weighted by Crippen LogP contribution is 2.43. The van der Waals surface area contributed by atoms with Gasteiger partial charge in [0, 0.05) is 6.42 Å². The molecule has 0 bridgehead atoms. The van der Waals surface area contributed by atoms with E-state index in [1.807, 2.05) is 21.1 Å². The summed E-state index contributed by atoms with van der Waals surface area (Å²) in [7, 11) is 1.39. The number of nitrogens with one attached hydrogen (secondary N) is 1. The smallest absolute Gasteiger partial charge is 0.390 e. The topological polar surface area (TPSA) is 125 Å². The highest BCUT2D eigenvalue weighted by atomic mass is 31.2. The predicted octanol–water partition coefficient (Wildman–Crippen LogP) is 16.7. The fourth-order valence-corrected chi connectivity index (χ4v) is 8.44. The van der Waals surface area contributed by atoms with Crippen molar-refractivity contribution < 1.29 is 38.0 Å². The Morgan fingerprint density at radius 2 is 0.863 bits per heavy atom. The molecule has 1 amide bonds. The van der Waals surface area contributed by atoms with Gasteiger partial charge in [0.15, 0.2) is 0 Å². The van der Waals surface area contributed by atoms with Gasteiger partial charge in [0.1, 0.15) is 19.3 Å². The molecule has 10 heteroatoms. The lowest BCUT2D eigenvalue weighted by Gasteiger charge is -2.28. The highest BCUT2D eigenvalue weighted by molar-refractivity contribution is 7.47. The zero-order chi connectivity index (χ0) is 53.6. The van der Waals surface area contributed by atoms with E-state index in [-0.39, 0.29) is 18.9 Å². The van der Waals surface area contributed by atoms with Gasteiger partial charge >= 0.3 is 7.82 Å². The third-order valence-electron chi connectivity index (χ3n) is 12.3. The summed E-state index contributed by atoms with van der Waals surface area (Å²) >= 11 is 0. The number of hydrogen-bond acceptors (Lipinski definition) is 6. The second kappa shape index (κ2) is 52.3. The maximum absolute atomic E-state index is 13.0. The summed E-state index contributed by atoms with van der Waals surface area (Å²) < 4.78 is 23.6. The highest BCUT2D eigenvalue weighted by Gasteiger charge is 2.31. The molecule has 418 valence electrons. The molecule has 0 saturated carbocycles. The Morgan fingerprint density at radius 3 is 1.30 bits per heavy atom. The van der Waals surface area contributed by atoms with Gasteiger partial charge in [0.25, 0.3) is 0 Å². The van der Waals surface area contributed by atoms with Crippen LogP contribution in [0.3, 0.4) is 0 Å². The summed E-state index contributed by atoms with van der Waals surface area (Å²) in [5.74, 6) is -0.280. The van der Waals surface area contributed by atoms with Crippen molar-refractivity contribution >= 4 is 13.7 Å². The van der Waals surface area contributed by atoms with Gasteiger partial charge in [-0.1, -0.05) is 212 Å². The number of nitrogens with zero attached hydrogens (tertiary/aromatic N) is 1. The predicted molar refractivity (Wildman–Crippen MR) is 314 cm³/mol. The van der Waals surface area contributed by atoms with Crippen LogP contribution in [0.25, 0.3) is 0 Å². The van der Waals surface area contributed by atoms with E-state index < -0.39 is 32.7 Å². The van der Waals surface area contributed by atoms with Gasteiger partial charge in [-0.15, -0.1) is 0 Å². The van der Waals surface area contributed by atoms with E-state index >= 15 is 0 Å². The van der Waals surface area contributed by atoms with Crippen molar-refractivity contribution in [3.63, 3.8) is 0 Å². The maximum Gasteiger partial charge on any atom is 0.472 e. The molecule has 0 aliphatic heterocycles. The first-order chi connectivity index (χ1) is 35.4. The normalized spacial score (nSPS) is 15.2. The molecule has 0 aromatic carbocycles. The van der Waals surface area contributed by atoms with E-state index in [1.54, 1.807) is 0 Å². The summed E-state index contributed by atoms with van der Waals surface area (Å²) in [6.07, 6.45) is 74.4. The third kappa shape index (κ3) is 53.5. The molecular formula is C63H110N2O7P+. The van der Waals surface area contributed by atoms with E-state index in [0.29, 0.717) is 30.3 Å². The van der Waals surface area contributed by atoms with Crippen LogP contribution in [0.4, 0.5) is 0 Å². The fraction of sp³-hybridized carbons (Fsp3) is 0.667. The Balaban J connectivity index is 4.16. The first kappa shape index (κ1) is 69.9. The molecule has 0 aromatic rings. The van der Waals surface area contributed by atoms with Gasteiger partial charge in [-0.25, -0.2) is 4.57 Å². The number of allylic oxidation sites excluding steroid dienone is 20. The minimum atomic E-state index is -4.44. The molecule has 0 aliphatic rings. The van der Waals surface area contributed by atoms with Crippen LogP contribution in [0.15, 0.2) is 122 Å². The van der Waals surface area contributed by atoms with Crippen molar-refractivity contribution in [2.45, 2.75) is 231 Å². The van der Waals surface area contributed by atoms with Crippen molar-refractivity contribution in [3.8, 4) is 0 Å². The first-order valence-electron chi connectivity index (χ1n) is 29.0. The second-order valence-electron chi connectivity index (χ2n) is 20.4. The zero-order valence-corrected chi connectivity index (χ0v) is 48.1. The molecule has 9 nitrogen and oxygen atoms in total. The third-order valence-corrected chi connectivity index (χ3v) is 13.2. The van der Waals surface area contributed by atoms with E-state index in [1.165, 1.54) is 77.0 Å². The molecule has 0 heterocycles. The molecule has 0 aromatic heterocycles. The van der Waals surface area contributed by atoms with Crippen LogP contribution >= 0.6 is 7.82 Å². The summed E-state index contributed by atoms with van der Waals surface area (Å²) in [4.78, 5) is 23.3. The minimum Gasteiger partial charge on any atom is -0.390 e. The standard InChI is InChI=1S/C63H109N2O7P/c1-6-8-10-12-14-16-18-20-21-22-23-24-25-26-27-28-29-30-31-32-33-34-35-36-37-38-39-40-41-42-43-44-46-48-50-52-54-56-62(67)64-60(59-72-73(69,70)71-58-57-65(3,4)5)63(68)61(66)55-53-51-49-47-45-19-17-15-13-11-9-7-2/h8,10,14-17,20-21,23-24,26-27,29-30,32-33,35-36,47,49,60-61,63,66,68H,6-7,9,11-13,18-19,22,25,28,31,34,37-46,48,50-59H2,1-5H3,(H-,64,67,69,70)/p+1/b10-8-,16-14-,17-15+,21-20-,24-23-,27-26-,30-29-,33-32-,36-35-,49-47+. The van der Waals surface area contributed by atoms with E-state index in [0.717, 1.165) is 96.3 Å². The quantitative estimate of drug-likeness (QED) is 0.0207. The number of phosphoric acid groups is 1. The molecule has 0 spiro atoms. The molecule has 0 radical (unpaired) electrons. The van der Waals surface area contributed by atoms with Crippen LogP contribution in [0.5, 0.6) is 0 Å². The number of amides is 1. The largest absolute Gasteiger partial charge is 0.472 e. The van der Waals surface area contributed by atoms with Crippen LogP contribution in [0.2, 0.25) is 0 Å². The van der Waals surface area contributed by atoms with Crippen molar-refractivity contribution in [3.05, 3.63) is 122 Å². The molecule has 0 rings (SSSR count). The van der Waals surface area contributed by atoms with Crippen molar-refractivity contribution in [2.75, 3.05) is 40.9 Å². The fourth-order valence-electron chi connectivity index (χ4n) is 7.70. The van der Waals surface area contributed by atoms with Gasteiger partial charge < -0.3 is 24.9 Å². The van der Waals surface area contributed by atoms with Crippen molar-refractivity contribution in [1.29, 1.82) is 0 Å². The number of aliphatic hydroxyl groups excluding tert-OH is 2. The van der Waals surface area contributed by atoms with Crippen molar-refractivity contribution in [1.82, 2.24) is 5.32 Å². The first-order valence-corrected chi connectivity index (χ1v) is 30.5. The van der Waals surface area contributed by atoms with Crippen molar-refractivity contribution in [2.24, 2.45) is 0 Å². The van der Waals surface area contributed by atoms with Gasteiger partial charge in [-0.2, -0.15) is 0 Å². The number of unbranched alkanes of at least 4 members (excludes halogenated alkanes) is 17. The molecular weight excluding hydrogens is 928 g/mol. The number of rotatable bonds is 51. The summed E-state index contributed by atoms with van der Waals surface area (Å²) in [5.41, 5.74) is 0. The molecule has 4 N–H and O–H groups in total. The van der Waals surface area contributed by atoms with Crippen LogP contribution in [0.1, 0.15) is 213 Å². The van der Waals surface area contributed by atoms with E-state index in [9.17, 15) is 24.5 Å². The van der Waals surface area contributed by atoms with E-state index in [4.69, 9.17) is 9.05 Å². The van der Waals surface area contributed by atoms with Crippen LogP contribution < -0.4 is 5.32 Å². The average molecular weight is 1040 g/mol. The average Bonchev–Trinajstić information content (AvgIpc) is 3.35. The summed E-state index contributed by atoms with van der Waals surface area (Å²) in [5, 5.41) is 24.7. The number of aliphatic hydroxyl groups is 2. The second-order valence-corrected chi connectivity index (χ2v) is 21.9. The minimum absolute atomic E-state index is 0.00800. The summed E-state index contributed by atoms with van der Waals surface area (Å²) in [6, 6.07) is -1.06. The monoisotopic (exact) mass is 1040 g/mol. The molecule has 4 unspecified atom stereocenters. The number of carbonyl (C=O) groups is 1. The zero-order valence-electron chi connectivity index (χ0n) is 47.2. The molecule has 0 fully saturated rings. The number of phosphoric ester groups is 1. The van der Waals surface area contributed by atoms with E-state index in [2.05, 4.69) is 141 Å². The maximum atomic E-state index is 13.0. The lowest BCUT2D eigenvalue weighted by Crippen LogP contribution is -2.51. The Bertz CT molecular complexity index is 1620.